The van der Waals surface area contributed by atoms with Crippen molar-refractivity contribution < 1.29 is 9.26 Å². The molecular weight excluding hydrogens is 388 g/mol. The number of benzene rings is 1. The van der Waals surface area contributed by atoms with Gasteiger partial charge in [-0.05, 0) is 64.2 Å². The highest BCUT2D eigenvalue weighted by atomic mass is 16.5. The second kappa shape index (κ2) is 10.2. The quantitative estimate of drug-likeness (QED) is 0.603. The summed E-state index contributed by atoms with van der Waals surface area (Å²) in [5.74, 6) is 2.36. The molecule has 0 spiro atoms. The van der Waals surface area contributed by atoms with Gasteiger partial charge in [0.15, 0.2) is 5.82 Å². The summed E-state index contributed by atoms with van der Waals surface area (Å²) in [5.41, 5.74) is 2.54. The largest absolute Gasteiger partial charge is 0.383 e. The fourth-order valence-corrected chi connectivity index (χ4v) is 5.36. The number of hydrogen-bond donors (Lipinski definition) is 0. The number of nitrogens with zero attached hydrogens (tertiary/aromatic N) is 4. The van der Waals surface area contributed by atoms with E-state index in [-0.39, 0.29) is 5.41 Å². The number of methoxy groups -OCH3 is 1. The molecule has 31 heavy (non-hydrogen) atoms. The van der Waals surface area contributed by atoms with E-state index in [0.717, 1.165) is 56.7 Å². The van der Waals surface area contributed by atoms with Crippen molar-refractivity contribution in [2.24, 2.45) is 5.92 Å². The molecule has 2 fully saturated rings. The van der Waals surface area contributed by atoms with Crippen LogP contribution in [-0.2, 0) is 16.7 Å². The molecule has 0 amide bonds. The van der Waals surface area contributed by atoms with Gasteiger partial charge >= 0.3 is 0 Å². The van der Waals surface area contributed by atoms with Crippen molar-refractivity contribution >= 4 is 0 Å². The molecule has 6 nitrogen and oxygen atoms in total. The van der Waals surface area contributed by atoms with Crippen LogP contribution in [0.3, 0.4) is 0 Å². The first-order chi connectivity index (χ1) is 15.1. The van der Waals surface area contributed by atoms with Crippen LogP contribution in [-0.4, -0.2) is 66.9 Å². The van der Waals surface area contributed by atoms with E-state index < -0.39 is 0 Å². The molecule has 2 aromatic rings. The maximum atomic E-state index is 5.74. The minimum absolute atomic E-state index is 0.0803. The zero-order valence-corrected chi connectivity index (χ0v) is 19.5. The highest BCUT2D eigenvalue weighted by Crippen LogP contribution is 2.45. The molecule has 1 aliphatic heterocycles. The second-order valence-corrected chi connectivity index (χ2v) is 9.64. The Bertz CT molecular complexity index is 805. The van der Waals surface area contributed by atoms with Gasteiger partial charge in [0.1, 0.15) is 0 Å². The molecule has 4 rings (SSSR count). The first-order valence-corrected chi connectivity index (χ1v) is 11.9. The van der Waals surface area contributed by atoms with Crippen LogP contribution in [0, 0.1) is 12.8 Å². The highest BCUT2D eigenvalue weighted by Gasteiger charge is 2.41. The maximum Gasteiger partial charge on any atom is 0.240 e. The zero-order chi connectivity index (χ0) is 21.7. The molecule has 170 valence electrons. The zero-order valence-electron chi connectivity index (χ0n) is 19.5. The van der Waals surface area contributed by atoms with Crippen molar-refractivity contribution in [1.29, 1.82) is 0 Å². The Morgan fingerprint density at radius 2 is 1.87 bits per heavy atom. The third kappa shape index (κ3) is 5.36. The van der Waals surface area contributed by atoms with Crippen molar-refractivity contribution in [3.05, 3.63) is 47.1 Å². The van der Waals surface area contributed by atoms with Crippen LogP contribution in [0.4, 0.5) is 0 Å². The minimum Gasteiger partial charge on any atom is -0.383 e. The average Bonchev–Trinajstić information content (AvgIpc) is 3.44. The van der Waals surface area contributed by atoms with Gasteiger partial charge in [0.25, 0.3) is 0 Å². The van der Waals surface area contributed by atoms with E-state index in [1.54, 1.807) is 7.11 Å². The van der Waals surface area contributed by atoms with Gasteiger partial charge in [0.05, 0.1) is 18.6 Å². The molecule has 1 aromatic carbocycles. The fourth-order valence-electron chi connectivity index (χ4n) is 5.36. The molecule has 1 aliphatic carbocycles. The fraction of sp³-hybridized carbons (Fsp3) is 0.680. The Morgan fingerprint density at radius 1 is 1.16 bits per heavy atom. The minimum atomic E-state index is -0.0803. The van der Waals surface area contributed by atoms with E-state index in [4.69, 9.17) is 14.2 Å². The summed E-state index contributed by atoms with van der Waals surface area (Å²) in [4.78, 5) is 9.76. The van der Waals surface area contributed by atoms with Gasteiger partial charge in [0, 0.05) is 20.2 Å². The SMILES string of the molecule is COCCN1CCC(CN(C)Cc2nc(C3(c4ccc(C)cc4)CCCC3)no2)CC1. The summed E-state index contributed by atoms with van der Waals surface area (Å²) in [7, 11) is 3.95. The van der Waals surface area contributed by atoms with E-state index in [2.05, 4.69) is 53.2 Å². The highest BCUT2D eigenvalue weighted by molar-refractivity contribution is 5.35. The normalized spacial score (nSPS) is 20.0. The van der Waals surface area contributed by atoms with Crippen molar-refractivity contribution in [2.75, 3.05) is 46.9 Å². The van der Waals surface area contributed by atoms with Crippen molar-refractivity contribution in [3.63, 3.8) is 0 Å². The summed E-state index contributed by atoms with van der Waals surface area (Å²) < 4.78 is 11.0. The van der Waals surface area contributed by atoms with Crippen LogP contribution in [0.1, 0.15) is 61.4 Å². The van der Waals surface area contributed by atoms with Gasteiger partial charge in [-0.2, -0.15) is 4.98 Å². The molecule has 1 aromatic heterocycles. The monoisotopic (exact) mass is 426 g/mol. The molecule has 2 heterocycles. The average molecular weight is 427 g/mol. The topological polar surface area (TPSA) is 54.6 Å². The standard InChI is InChI=1S/C25H38N4O2/c1-20-6-8-22(9-7-20)25(12-4-5-13-25)24-26-23(31-27-24)19-28(2)18-21-10-14-29(15-11-21)16-17-30-3/h6-9,21H,4-5,10-19H2,1-3H3. The Hall–Kier alpha value is -1.76. The van der Waals surface area contributed by atoms with Crippen LogP contribution in [0.5, 0.6) is 0 Å². The molecule has 1 saturated carbocycles. The number of likely N-dealkylation sites (tertiary alicyclic amines) is 1. The summed E-state index contributed by atoms with van der Waals surface area (Å²) in [6.07, 6.45) is 7.15. The van der Waals surface area contributed by atoms with Crippen LogP contribution >= 0.6 is 0 Å². The molecule has 0 radical (unpaired) electrons. The van der Waals surface area contributed by atoms with E-state index in [0.29, 0.717) is 0 Å². The number of rotatable bonds is 9. The van der Waals surface area contributed by atoms with Gasteiger partial charge in [-0.15, -0.1) is 0 Å². The molecule has 0 bridgehead atoms. The lowest BCUT2D eigenvalue weighted by Gasteiger charge is -2.33. The Morgan fingerprint density at radius 3 is 2.55 bits per heavy atom. The third-order valence-corrected chi connectivity index (χ3v) is 7.25. The molecule has 6 heteroatoms. The van der Waals surface area contributed by atoms with Crippen molar-refractivity contribution in [2.45, 2.75) is 57.4 Å². The predicted molar refractivity (Wildman–Crippen MR) is 122 cm³/mol. The van der Waals surface area contributed by atoms with Crippen molar-refractivity contribution in [1.82, 2.24) is 19.9 Å². The van der Waals surface area contributed by atoms with Crippen LogP contribution in [0.15, 0.2) is 28.8 Å². The van der Waals surface area contributed by atoms with Gasteiger partial charge in [-0.1, -0.05) is 47.8 Å². The Balaban J connectivity index is 1.35. The number of ether oxygens (including phenoxy) is 1. The lowest BCUT2D eigenvalue weighted by Crippen LogP contribution is -2.39. The summed E-state index contributed by atoms with van der Waals surface area (Å²) in [6, 6.07) is 8.90. The maximum absolute atomic E-state index is 5.74. The summed E-state index contributed by atoms with van der Waals surface area (Å²) in [6.45, 7) is 8.16. The Kier molecular flexibility index (Phi) is 7.41. The molecule has 0 N–H and O–H groups in total. The number of aryl methyl sites for hydroxylation is 1. The molecule has 2 aliphatic rings. The van der Waals surface area contributed by atoms with Crippen LogP contribution in [0.2, 0.25) is 0 Å². The molecular formula is C25H38N4O2. The van der Waals surface area contributed by atoms with E-state index in [1.807, 2.05) is 0 Å². The molecule has 1 saturated heterocycles. The van der Waals surface area contributed by atoms with Gasteiger partial charge < -0.3 is 14.2 Å². The number of aromatic nitrogens is 2. The van der Waals surface area contributed by atoms with Gasteiger partial charge in [-0.25, -0.2) is 0 Å². The summed E-state index contributed by atoms with van der Waals surface area (Å²) >= 11 is 0. The first-order valence-electron chi connectivity index (χ1n) is 11.9. The number of hydrogen-bond acceptors (Lipinski definition) is 6. The van der Waals surface area contributed by atoms with Crippen molar-refractivity contribution in [3.8, 4) is 0 Å². The third-order valence-electron chi connectivity index (χ3n) is 7.25. The number of piperidine rings is 1. The van der Waals surface area contributed by atoms with E-state index in [9.17, 15) is 0 Å². The van der Waals surface area contributed by atoms with Gasteiger partial charge in [-0.3, -0.25) is 4.90 Å². The lowest BCUT2D eigenvalue weighted by atomic mass is 9.78. The summed E-state index contributed by atoms with van der Waals surface area (Å²) in [5, 5.41) is 4.48. The van der Waals surface area contributed by atoms with E-state index >= 15 is 0 Å². The van der Waals surface area contributed by atoms with Crippen LogP contribution < -0.4 is 0 Å². The molecule has 0 atom stereocenters. The van der Waals surface area contributed by atoms with Crippen LogP contribution in [0.25, 0.3) is 0 Å². The predicted octanol–water partition coefficient (Wildman–Crippen LogP) is 4.03. The van der Waals surface area contributed by atoms with Gasteiger partial charge in [0.2, 0.25) is 5.89 Å². The Labute approximate surface area is 186 Å². The lowest BCUT2D eigenvalue weighted by molar-refractivity contribution is 0.108. The van der Waals surface area contributed by atoms with E-state index in [1.165, 1.54) is 49.9 Å². The first kappa shape index (κ1) is 22.4. The second-order valence-electron chi connectivity index (χ2n) is 9.64. The smallest absolute Gasteiger partial charge is 0.240 e. The molecule has 0 unspecified atom stereocenters.